The number of nitrogens with one attached hydrogen (secondary N) is 1. The summed E-state index contributed by atoms with van der Waals surface area (Å²) in [6, 6.07) is 0.445. The van der Waals surface area contributed by atoms with Gasteiger partial charge in [0.1, 0.15) is 0 Å². The lowest BCUT2D eigenvalue weighted by atomic mass is 10.1. The molecule has 0 saturated carbocycles. The number of carbonyl (C=O) groups excluding carboxylic acids is 1. The smallest absolute Gasteiger partial charge is 0.239 e. The summed E-state index contributed by atoms with van der Waals surface area (Å²) in [6.45, 7) is 6.25. The maximum Gasteiger partial charge on any atom is 0.239 e. The molecule has 120 valence electrons. The highest BCUT2D eigenvalue weighted by atomic mass is 35.5. The van der Waals surface area contributed by atoms with Gasteiger partial charge < -0.3 is 10.2 Å². The molecular formula is C14H29Cl2N3O. The Morgan fingerprint density at radius 1 is 1.20 bits per heavy atom. The van der Waals surface area contributed by atoms with Crippen LogP contribution in [0.2, 0.25) is 0 Å². The second kappa shape index (κ2) is 9.82. The van der Waals surface area contributed by atoms with Gasteiger partial charge in [0.05, 0.1) is 6.04 Å². The van der Waals surface area contributed by atoms with Gasteiger partial charge in [-0.1, -0.05) is 12.8 Å². The number of halogens is 2. The van der Waals surface area contributed by atoms with E-state index in [-0.39, 0.29) is 30.9 Å². The molecule has 2 aliphatic heterocycles. The number of amides is 1. The van der Waals surface area contributed by atoms with Gasteiger partial charge in [-0.05, 0) is 45.8 Å². The highest BCUT2D eigenvalue weighted by Crippen LogP contribution is 2.15. The zero-order valence-corrected chi connectivity index (χ0v) is 14.3. The first-order valence-corrected chi connectivity index (χ1v) is 7.41. The predicted molar refractivity (Wildman–Crippen MR) is 88.0 cm³/mol. The molecule has 0 spiro atoms. The van der Waals surface area contributed by atoms with E-state index in [9.17, 15) is 4.79 Å². The molecule has 2 heterocycles. The minimum absolute atomic E-state index is 0. The molecule has 1 N–H and O–H groups in total. The predicted octanol–water partition coefficient (Wildman–Crippen LogP) is 1.91. The fourth-order valence-electron chi connectivity index (χ4n) is 3.08. The molecule has 2 atom stereocenters. The standard InChI is InChI=1S/C14H27N3O.2ClH/c1-12(17-9-5-3-4-6-10-17)14(18)16(2)13-7-8-15-11-13;;/h12-13,15H,3-11H2,1-2H3;2*1H. The van der Waals surface area contributed by atoms with E-state index >= 15 is 0 Å². The molecule has 0 bridgehead atoms. The molecule has 2 unspecified atom stereocenters. The summed E-state index contributed by atoms with van der Waals surface area (Å²) in [7, 11) is 1.97. The number of hydrogen-bond acceptors (Lipinski definition) is 3. The van der Waals surface area contributed by atoms with E-state index in [1.807, 2.05) is 11.9 Å². The summed E-state index contributed by atoms with van der Waals surface area (Å²) < 4.78 is 0. The Hall–Kier alpha value is -0.0300. The molecule has 2 fully saturated rings. The Balaban J connectivity index is 0.00000180. The topological polar surface area (TPSA) is 35.6 Å². The Bertz CT molecular complexity index is 278. The van der Waals surface area contributed by atoms with Gasteiger partial charge in [-0.25, -0.2) is 0 Å². The molecule has 2 rings (SSSR count). The van der Waals surface area contributed by atoms with E-state index < -0.39 is 0 Å². The zero-order valence-electron chi connectivity index (χ0n) is 12.6. The highest BCUT2D eigenvalue weighted by molar-refractivity contribution is 5.85. The summed E-state index contributed by atoms with van der Waals surface area (Å²) in [4.78, 5) is 16.8. The summed E-state index contributed by atoms with van der Waals surface area (Å²) in [5.74, 6) is 0.297. The van der Waals surface area contributed by atoms with Crippen LogP contribution in [-0.4, -0.2) is 61.0 Å². The molecule has 4 nitrogen and oxygen atoms in total. The molecule has 6 heteroatoms. The van der Waals surface area contributed by atoms with E-state index in [2.05, 4.69) is 17.1 Å². The average Bonchev–Trinajstić information content (AvgIpc) is 2.78. The van der Waals surface area contributed by atoms with Crippen molar-refractivity contribution in [2.75, 3.05) is 33.2 Å². The molecule has 1 amide bonds. The number of nitrogens with zero attached hydrogens (tertiary/aromatic N) is 2. The SMILES string of the molecule is CC(C(=O)N(C)C1CCNC1)N1CCCCCC1.Cl.Cl. The van der Waals surface area contributed by atoms with E-state index in [0.29, 0.717) is 11.9 Å². The molecule has 0 aliphatic carbocycles. The van der Waals surface area contributed by atoms with Crippen molar-refractivity contribution in [2.45, 2.75) is 51.1 Å². The summed E-state index contributed by atoms with van der Waals surface area (Å²) in [5.41, 5.74) is 0. The molecule has 0 radical (unpaired) electrons. The van der Waals surface area contributed by atoms with Crippen LogP contribution in [-0.2, 0) is 4.79 Å². The van der Waals surface area contributed by atoms with Gasteiger partial charge in [0.15, 0.2) is 0 Å². The van der Waals surface area contributed by atoms with Crippen molar-refractivity contribution in [2.24, 2.45) is 0 Å². The molecular weight excluding hydrogens is 297 g/mol. The summed E-state index contributed by atoms with van der Waals surface area (Å²) in [6.07, 6.45) is 6.22. The number of likely N-dealkylation sites (tertiary alicyclic amines) is 1. The Labute approximate surface area is 135 Å². The lowest BCUT2D eigenvalue weighted by molar-refractivity contribution is -0.136. The van der Waals surface area contributed by atoms with Gasteiger partial charge in [-0.2, -0.15) is 0 Å². The molecule has 2 aliphatic rings. The third-order valence-corrected chi connectivity index (χ3v) is 4.48. The first-order valence-electron chi connectivity index (χ1n) is 7.41. The average molecular weight is 326 g/mol. The van der Waals surface area contributed by atoms with Crippen LogP contribution in [0.25, 0.3) is 0 Å². The largest absolute Gasteiger partial charge is 0.340 e. The van der Waals surface area contributed by atoms with Crippen LogP contribution < -0.4 is 5.32 Å². The first kappa shape index (κ1) is 20.0. The van der Waals surface area contributed by atoms with E-state index in [4.69, 9.17) is 0 Å². The van der Waals surface area contributed by atoms with Crippen molar-refractivity contribution in [3.05, 3.63) is 0 Å². The molecule has 0 aromatic rings. The highest BCUT2D eigenvalue weighted by Gasteiger charge is 2.29. The van der Waals surface area contributed by atoms with E-state index in [1.165, 1.54) is 25.7 Å². The zero-order chi connectivity index (χ0) is 13.0. The van der Waals surface area contributed by atoms with Gasteiger partial charge in [-0.3, -0.25) is 9.69 Å². The molecule has 2 saturated heterocycles. The third-order valence-electron chi connectivity index (χ3n) is 4.48. The van der Waals surface area contributed by atoms with Gasteiger partial charge in [0, 0.05) is 19.6 Å². The third kappa shape index (κ3) is 5.06. The minimum Gasteiger partial charge on any atom is -0.340 e. The lowest BCUT2D eigenvalue weighted by Gasteiger charge is -2.32. The minimum atomic E-state index is 0. The molecule has 0 aromatic heterocycles. The second-order valence-electron chi connectivity index (χ2n) is 5.72. The van der Waals surface area contributed by atoms with Crippen LogP contribution in [0.1, 0.15) is 39.0 Å². The van der Waals surface area contributed by atoms with Crippen molar-refractivity contribution < 1.29 is 4.79 Å². The molecule has 0 aromatic carbocycles. The number of rotatable bonds is 3. The second-order valence-corrected chi connectivity index (χ2v) is 5.72. The van der Waals surface area contributed by atoms with E-state index in [0.717, 1.165) is 32.6 Å². The fraction of sp³-hybridized carbons (Fsp3) is 0.929. The van der Waals surface area contributed by atoms with Gasteiger partial charge in [0.2, 0.25) is 5.91 Å². The normalized spacial score (nSPS) is 25.0. The Kier molecular flexibility index (Phi) is 9.81. The summed E-state index contributed by atoms with van der Waals surface area (Å²) >= 11 is 0. The summed E-state index contributed by atoms with van der Waals surface area (Å²) in [5, 5.41) is 3.33. The van der Waals surface area contributed by atoms with E-state index in [1.54, 1.807) is 0 Å². The van der Waals surface area contributed by atoms with Crippen LogP contribution in [0.5, 0.6) is 0 Å². The van der Waals surface area contributed by atoms with Crippen LogP contribution in [0.3, 0.4) is 0 Å². The van der Waals surface area contributed by atoms with Crippen molar-refractivity contribution in [1.82, 2.24) is 15.1 Å². The first-order chi connectivity index (χ1) is 8.70. The van der Waals surface area contributed by atoms with Crippen LogP contribution in [0.4, 0.5) is 0 Å². The van der Waals surface area contributed by atoms with Gasteiger partial charge >= 0.3 is 0 Å². The lowest BCUT2D eigenvalue weighted by Crippen LogP contribution is -2.49. The van der Waals surface area contributed by atoms with Gasteiger partial charge in [0.25, 0.3) is 0 Å². The number of carbonyl (C=O) groups is 1. The quantitative estimate of drug-likeness (QED) is 0.861. The number of likely N-dealkylation sites (N-methyl/N-ethyl adjacent to an activating group) is 1. The van der Waals surface area contributed by atoms with Crippen molar-refractivity contribution in [3.8, 4) is 0 Å². The maximum atomic E-state index is 12.5. The van der Waals surface area contributed by atoms with Gasteiger partial charge in [-0.15, -0.1) is 24.8 Å². The molecule has 20 heavy (non-hydrogen) atoms. The van der Waals surface area contributed by atoms with Crippen LogP contribution in [0, 0.1) is 0 Å². The maximum absolute atomic E-state index is 12.5. The van der Waals surface area contributed by atoms with Crippen molar-refractivity contribution >= 4 is 30.7 Å². The van der Waals surface area contributed by atoms with Crippen LogP contribution in [0.15, 0.2) is 0 Å². The van der Waals surface area contributed by atoms with Crippen molar-refractivity contribution in [3.63, 3.8) is 0 Å². The van der Waals surface area contributed by atoms with Crippen molar-refractivity contribution in [1.29, 1.82) is 0 Å². The monoisotopic (exact) mass is 325 g/mol. The fourth-order valence-corrected chi connectivity index (χ4v) is 3.08. The Morgan fingerprint density at radius 3 is 2.30 bits per heavy atom. The van der Waals surface area contributed by atoms with Crippen LogP contribution >= 0.6 is 24.8 Å². The Morgan fingerprint density at radius 2 is 1.80 bits per heavy atom. The number of hydrogen-bond donors (Lipinski definition) is 1.